The first-order valence-electron chi connectivity index (χ1n) is 4.46. The van der Waals surface area contributed by atoms with Crippen molar-refractivity contribution in [2.45, 2.75) is 0 Å². The lowest BCUT2D eigenvalue weighted by atomic mass is 10.3. The van der Waals surface area contributed by atoms with Crippen molar-refractivity contribution in [2.24, 2.45) is 0 Å². The number of anilines is 3. The summed E-state index contributed by atoms with van der Waals surface area (Å²) in [5.41, 5.74) is 5.68. The number of benzene rings is 1. The minimum atomic E-state index is -0.393. The van der Waals surface area contributed by atoms with Gasteiger partial charge in [0.05, 0.1) is 11.9 Å². The van der Waals surface area contributed by atoms with Crippen molar-refractivity contribution >= 4 is 29.1 Å². The molecule has 0 unspecified atom stereocenters. The number of nitrogens with two attached hydrogens (primary N) is 1. The minimum absolute atomic E-state index is 0.0724. The van der Waals surface area contributed by atoms with E-state index in [9.17, 15) is 4.39 Å². The van der Waals surface area contributed by atoms with Gasteiger partial charge in [-0.3, -0.25) is 0 Å². The molecular weight excluding hydrogens is 231 g/mol. The number of para-hydroxylation sites is 1. The smallest absolute Gasteiger partial charge is 0.222 e. The molecule has 0 aliphatic rings. The van der Waals surface area contributed by atoms with Crippen LogP contribution in [0.5, 0.6) is 0 Å². The molecule has 0 fully saturated rings. The fraction of sp³-hybridized carbons (Fsp3) is 0. The third-order valence-electron chi connectivity index (χ3n) is 1.89. The first kappa shape index (κ1) is 10.6. The highest BCUT2D eigenvalue weighted by Gasteiger charge is 2.06. The third kappa shape index (κ3) is 2.20. The summed E-state index contributed by atoms with van der Waals surface area (Å²) in [6.45, 7) is 0. The summed E-state index contributed by atoms with van der Waals surface area (Å²) in [5, 5.41) is 3.02. The lowest BCUT2D eigenvalue weighted by molar-refractivity contribution is 0.632. The lowest BCUT2D eigenvalue weighted by Gasteiger charge is -2.07. The van der Waals surface area contributed by atoms with Gasteiger partial charge in [0, 0.05) is 0 Å². The van der Waals surface area contributed by atoms with Gasteiger partial charge in [0.1, 0.15) is 10.8 Å². The summed E-state index contributed by atoms with van der Waals surface area (Å²) in [5.74, 6) is -0.0433. The van der Waals surface area contributed by atoms with Crippen molar-refractivity contribution in [3.8, 4) is 0 Å². The fourth-order valence-electron chi connectivity index (χ4n) is 1.16. The molecule has 0 amide bonds. The van der Waals surface area contributed by atoms with Gasteiger partial charge >= 0.3 is 0 Å². The van der Waals surface area contributed by atoms with E-state index in [0.717, 1.165) is 0 Å². The zero-order valence-electron chi connectivity index (χ0n) is 8.11. The Kier molecular flexibility index (Phi) is 2.87. The standard InChI is InChI=1S/C10H8ClFN4/c11-6-5-14-10(13)16-9(6)15-8-4-2-1-3-7(8)12/h1-5H,(H3,13,14,15,16). The molecule has 1 heterocycles. The summed E-state index contributed by atoms with van der Waals surface area (Å²) < 4.78 is 13.3. The van der Waals surface area contributed by atoms with Crippen molar-refractivity contribution in [3.63, 3.8) is 0 Å². The van der Waals surface area contributed by atoms with E-state index in [1.807, 2.05) is 0 Å². The second-order valence-electron chi connectivity index (χ2n) is 3.03. The molecule has 0 saturated carbocycles. The molecule has 0 spiro atoms. The molecule has 0 aliphatic heterocycles. The van der Waals surface area contributed by atoms with Crippen LogP contribution in [0.2, 0.25) is 5.02 Å². The van der Waals surface area contributed by atoms with E-state index in [2.05, 4.69) is 15.3 Å². The van der Waals surface area contributed by atoms with E-state index in [1.165, 1.54) is 12.3 Å². The highest BCUT2D eigenvalue weighted by Crippen LogP contribution is 2.24. The van der Waals surface area contributed by atoms with E-state index in [1.54, 1.807) is 18.2 Å². The van der Waals surface area contributed by atoms with Gasteiger partial charge in [0.25, 0.3) is 0 Å². The Balaban J connectivity index is 2.34. The van der Waals surface area contributed by atoms with Crippen LogP contribution in [0.4, 0.5) is 21.8 Å². The van der Waals surface area contributed by atoms with Gasteiger partial charge in [-0.15, -0.1) is 0 Å². The summed E-state index contributed by atoms with van der Waals surface area (Å²) in [6, 6.07) is 6.20. The Morgan fingerprint density at radius 2 is 2.06 bits per heavy atom. The molecule has 0 bridgehead atoms. The van der Waals surface area contributed by atoms with Crippen molar-refractivity contribution in [3.05, 3.63) is 41.3 Å². The normalized spacial score (nSPS) is 10.1. The van der Waals surface area contributed by atoms with Gasteiger partial charge in [-0.2, -0.15) is 4.98 Å². The van der Waals surface area contributed by atoms with Crippen LogP contribution in [0.1, 0.15) is 0 Å². The Labute approximate surface area is 96.3 Å². The summed E-state index contributed by atoms with van der Waals surface area (Å²) >= 11 is 5.83. The van der Waals surface area contributed by atoms with Gasteiger partial charge in [0.15, 0.2) is 5.82 Å². The maximum absolute atomic E-state index is 13.3. The van der Waals surface area contributed by atoms with Crippen LogP contribution in [0, 0.1) is 5.82 Å². The van der Waals surface area contributed by atoms with Crippen LogP contribution in [0.25, 0.3) is 0 Å². The largest absolute Gasteiger partial charge is 0.368 e. The minimum Gasteiger partial charge on any atom is -0.368 e. The molecule has 82 valence electrons. The van der Waals surface area contributed by atoms with E-state index in [4.69, 9.17) is 17.3 Å². The Bertz CT molecular complexity index is 518. The lowest BCUT2D eigenvalue weighted by Crippen LogP contribution is -2.01. The molecule has 1 aromatic heterocycles. The summed E-state index contributed by atoms with van der Waals surface area (Å²) in [7, 11) is 0. The molecule has 0 aliphatic carbocycles. The van der Waals surface area contributed by atoms with Crippen molar-refractivity contribution in [1.82, 2.24) is 9.97 Å². The number of hydrogen-bond donors (Lipinski definition) is 2. The molecule has 4 nitrogen and oxygen atoms in total. The molecule has 0 atom stereocenters. The van der Waals surface area contributed by atoms with Crippen LogP contribution >= 0.6 is 11.6 Å². The SMILES string of the molecule is Nc1ncc(Cl)c(Nc2ccccc2F)n1. The van der Waals surface area contributed by atoms with Crippen LogP contribution in [-0.2, 0) is 0 Å². The molecular formula is C10H8ClFN4. The number of hydrogen-bond acceptors (Lipinski definition) is 4. The predicted octanol–water partition coefficient (Wildman–Crippen LogP) is 2.59. The Hall–Kier alpha value is -1.88. The second-order valence-corrected chi connectivity index (χ2v) is 3.44. The third-order valence-corrected chi connectivity index (χ3v) is 2.17. The maximum atomic E-state index is 13.3. The first-order chi connectivity index (χ1) is 7.66. The monoisotopic (exact) mass is 238 g/mol. The number of nitrogen functional groups attached to an aromatic ring is 1. The Morgan fingerprint density at radius 1 is 1.31 bits per heavy atom. The quantitative estimate of drug-likeness (QED) is 0.844. The number of nitrogens with one attached hydrogen (secondary N) is 1. The number of nitrogens with zero attached hydrogens (tertiary/aromatic N) is 2. The summed E-state index contributed by atoms with van der Waals surface area (Å²) in [4.78, 5) is 7.57. The highest BCUT2D eigenvalue weighted by molar-refractivity contribution is 6.32. The highest BCUT2D eigenvalue weighted by atomic mass is 35.5. The Morgan fingerprint density at radius 3 is 2.81 bits per heavy atom. The van der Waals surface area contributed by atoms with Crippen LogP contribution < -0.4 is 11.1 Å². The van der Waals surface area contributed by atoms with E-state index in [-0.39, 0.29) is 22.5 Å². The molecule has 2 rings (SSSR count). The van der Waals surface area contributed by atoms with E-state index < -0.39 is 5.82 Å². The van der Waals surface area contributed by atoms with Crippen molar-refractivity contribution < 1.29 is 4.39 Å². The molecule has 6 heteroatoms. The average molecular weight is 239 g/mol. The number of halogens is 2. The maximum Gasteiger partial charge on any atom is 0.222 e. The average Bonchev–Trinajstić information content (AvgIpc) is 2.27. The molecule has 0 radical (unpaired) electrons. The zero-order valence-corrected chi connectivity index (χ0v) is 8.87. The van der Waals surface area contributed by atoms with Gasteiger partial charge in [-0.1, -0.05) is 23.7 Å². The van der Waals surface area contributed by atoms with Crippen molar-refractivity contribution in [1.29, 1.82) is 0 Å². The second kappa shape index (κ2) is 4.32. The van der Waals surface area contributed by atoms with Crippen molar-refractivity contribution in [2.75, 3.05) is 11.1 Å². The van der Waals surface area contributed by atoms with E-state index >= 15 is 0 Å². The van der Waals surface area contributed by atoms with E-state index in [0.29, 0.717) is 0 Å². The van der Waals surface area contributed by atoms with Gasteiger partial charge in [0.2, 0.25) is 5.95 Å². The molecule has 1 aromatic carbocycles. The predicted molar refractivity (Wildman–Crippen MR) is 61.1 cm³/mol. The van der Waals surface area contributed by atoms with Gasteiger partial charge < -0.3 is 11.1 Å². The molecule has 3 N–H and O–H groups in total. The number of rotatable bonds is 2. The summed E-state index contributed by atoms with van der Waals surface area (Å²) in [6.07, 6.45) is 1.35. The number of aromatic nitrogens is 2. The van der Waals surface area contributed by atoms with Gasteiger partial charge in [-0.25, -0.2) is 9.37 Å². The fourth-order valence-corrected chi connectivity index (χ4v) is 1.30. The van der Waals surface area contributed by atoms with Crippen LogP contribution in [-0.4, -0.2) is 9.97 Å². The molecule has 2 aromatic rings. The molecule has 16 heavy (non-hydrogen) atoms. The topological polar surface area (TPSA) is 63.8 Å². The van der Waals surface area contributed by atoms with Gasteiger partial charge in [-0.05, 0) is 12.1 Å². The first-order valence-corrected chi connectivity index (χ1v) is 4.84. The zero-order chi connectivity index (χ0) is 11.5. The molecule has 0 saturated heterocycles. The van der Waals surface area contributed by atoms with Crippen LogP contribution in [0.3, 0.4) is 0 Å². The van der Waals surface area contributed by atoms with Crippen LogP contribution in [0.15, 0.2) is 30.5 Å².